The minimum Gasteiger partial charge on any atom is -0.464 e. The molecule has 0 saturated carbocycles. The van der Waals surface area contributed by atoms with Gasteiger partial charge in [-0.05, 0) is 0 Å². The van der Waals surface area contributed by atoms with Crippen LogP contribution in [0.1, 0.15) is 20.8 Å². The Morgan fingerprint density at radius 1 is 1.75 bits per heavy atom. The van der Waals surface area contributed by atoms with E-state index in [0.717, 1.165) is 0 Å². The molecule has 0 atom stereocenters. The van der Waals surface area contributed by atoms with E-state index in [2.05, 4.69) is 9.72 Å². The number of halogens is 1. The molecule has 1 aromatic rings. The summed E-state index contributed by atoms with van der Waals surface area (Å²) in [7, 11) is 1.24. The normalized spacial score (nSPS) is 9.50. The molecule has 0 aliphatic rings. The summed E-state index contributed by atoms with van der Waals surface area (Å²) in [5.41, 5.74) is 0.346. The molecule has 0 aromatic carbocycles. The van der Waals surface area contributed by atoms with E-state index < -0.39 is 5.97 Å². The van der Waals surface area contributed by atoms with Crippen LogP contribution in [0.3, 0.4) is 0 Å². The Balaban J connectivity index is 3.10. The summed E-state index contributed by atoms with van der Waals surface area (Å²) in [6.07, 6.45) is 1.91. The van der Waals surface area contributed by atoms with Gasteiger partial charge in [0.2, 0.25) is 0 Å². The summed E-state index contributed by atoms with van der Waals surface area (Å²) < 4.78 is 4.40. The second-order valence-corrected chi connectivity index (χ2v) is 2.42. The van der Waals surface area contributed by atoms with Crippen molar-refractivity contribution in [3.8, 4) is 0 Å². The third-order valence-electron chi connectivity index (χ3n) is 1.36. The average Bonchev–Trinajstić information content (AvgIpc) is 2.45. The maximum atomic E-state index is 10.9. The number of H-pyrrole nitrogens is 1. The number of rotatable bonds is 2. The van der Waals surface area contributed by atoms with Crippen LogP contribution in [0.2, 0.25) is 5.02 Å². The predicted octanol–water partition coefficient (Wildman–Crippen LogP) is 1.27. The minimum absolute atomic E-state index is 0.0943. The Bertz CT molecular complexity index is 318. The molecule has 0 saturated heterocycles. The Morgan fingerprint density at radius 3 is 2.83 bits per heavy atom. The van der Waals surface area contributed by atoms with Crippen LogP contribution < -0.4 is 0 Å². The summed E-state index contributed by atoms with van der Waals surface area (Å²) in [6.45, 7) is 0. The number of aromatic amines is 1. The fraction of sp³-hybridized carbons (Fsp3) is 0.143. The van der Waals surface area contributed by atoms with E-state index in [-0.39, 0.29) is 16.3 Å². The van der Waals surface area contributed by atoms with Crippen LogP contribution in [0, 0.1) is 0 Å². The number of carbonyl (C=O) groups excluding carboxylic acids is 2. The average molecular weight is 188 g/mol. The fourth-order valence-electron chi connectivity index (χ4n) is 0.757. The highest BCUT2D eigenvalue weighted by atomic mass is 35.5. The number of aromatic nitrogens is 1. The molecule has 0 radical (unpaired) electrons. The van der Waals surface area contributed by atoms with Gasteiger partial charge in [0, 0.05) is 6.20 Å². The van der Waals surface area contributed by atoms with Gasteiger partial charge in [-0.25, -0.2) is 4.79 Å². The number of hydrogen-bond acceptors (Lipinski definition) is 3. The standard InChI is InChI=1S/C7H6ClNO3/c1-12-7(11)6-5(8)4(3-10)2-9-6/h2-3,9H,1H3. The molecule has 0 aliphatic heterocycles. The van der Waals surface area contributed by atoms with Crippen molar-refractivity contribution < 1.29 is 14.3 Å². The van der Waals surface area contributed by atoms with Gasteiger partial charge in [-0.1, -0.05) is 11.6 Å². The van der Waals surface area contributed by atoms with E-state index in [0.29, 0.717) is 6.29 Å². The van der Waals surface area contributed by atoms with Crippen LogP contribution in [0.5, 0.6) is 0 Å². The predicted molar refractivity (Wildman–Crippen MR) is 42.5 cm³/mol. The largest absolute Gasteiger partial charge is 0.464 e. The Morgan fingerprint density at radius 2 is 2.42 bits per heavy atom. The van der Waals surface area contributed by atoms with E-state index >= 15 is 0 Å². The zero-order chi connectivity index (χ0) is 9.14. The van der Waals surface area contributed by atoms with E-state index in [1.165, 1.54) is 13.3 Å². The first-order valence-corrected chi connectivity index (χ1v) is 3.49. The van der Waals surface area contributed by atoms with Crippen LogP contribution >= 0.6 is 11.6 Å². The van der Waals surface area contributed by atoms with E-state index in [1.54, 1.807) is 0 Å². The number of aldehydes is 1. The lowest BCUT2D eigenvalue weighted by Crippen LogP contribution is -2.01. The van der Waals surface area contributed by atoms with Crippen molar-refractivity contribution >= 4 is 23.9 Å². The molecule has 0 amide bonds. The van der Waals surface area contributed by atoms with Crippen LogP contribution in [0.25, 0.3) is 0 Å². The molecule has 1 N–H and O–H groups in total. The topological polar surface area (TPSA) is 59.2 Å². The molecule has 1 aromatic heterocycles. The highest BCUT2D eigenvalue weighted by Gasteiger charge is 2.15. The molecular formula is C7H6ClNO3. The van der Waals surface area contributed by atoms with Crippen molar-refractivity contribution in [1.29, 1.82) is 0 Å². The fourth-order valence-corrected chi connectivity index (χ4v) is 0.988. The van der Waals surface area contributed by atoms with E-state index in [4.69, 9.17) is 11.6 Å². The minimum atomic E-state index is -0.590. The first-order valence-electron chi connectivity index (χ1n) is 3.11. The van der Waals surface area contributed by atoms with Gasteiger partial charge < -0.3 is 9.72 Å². The number of hydrogen-bond donors (Lipinski definition) is 1. The van der Waals surface area contributed by atoms with Gasteiger partial charge in [0.1, 0.15) is 5.69 Å². The quantitative estimate of drug-likeness (QED) is 0.560. The Hall–Kier alpha value is -1.29. The molecule has 0 aliphatic carbocycles. The maximum Gasteiger partial charge on any atom is 0.356 e. The van der Waals surface area contributed by atoms with Gasteiger partial charge in [0.15, 0.2) is 6.29 Å². The van der Waals surface area contributed by atoms with Gasteiger partial charge in [-0.2, -0.15) is 0 Å². The second-order valence-electron chi connectivity index (χ2n) is 2.04. The molecular weight excluding hydrogens is 182 g/mol. The smallest absolute Gasteiger partial charge is 0.356 e. The molecule has 0 bridgehead atoms. The summed E-state index contributed by atoms with van der Waals surface area (Å²) >= 11 is 5.63. The van der Waals surface area contributed by atoms with Crippen LogP contribution in [0.15, 0.2) is 6.20 Å². The number of carbonyl (C=O) groups is 2. The number of esters is 1. The van der Waals surface area contributed by atoms with Crippen molar-refractivity contribution in [2.24, 2.45) is 0 Å². The molecule has 4 nitrogen and oxygen atoms in total. The number of nitrogens with one attached hydrogen (secondary N) is 1. The Kier molecular flexibility index (Phi) is 2.50. The van der Waals surface area contributed by atoms with Crippen LogP contribution in [-0.4, -0.2) is 24.3 Å². The molecule has 1 rings (SSSR count). The molecule has 1 heterocycles. The summed E-state index contributed by atoms with van der Waals surface area (Å²) in [5.74, 6) is -0.590. The van der Waals surface area contributed by atoms with Crippen molar-refractivity contribution in [3.05, 3.63) is 22.5 Å². The maximum absolute atomic E-state index is 10.9. The van der Waals surface area contributed by atoms with Crippen molar-refractivity contribution in [1.82, 2.24) is 4.98 Å². The second kappa shape index (κ2) is 3.40. The molecule has 0 spiro atoms. The van der Waals surface area contributed by atoms with Crippen LogP contribution in [0.4, 0.5) is 0 Å². The first kappa shape index (κ1) is 8.80. The molecule has 0 unspecified atom stereocenters. The van der Waals surface area contributed by atoms with Crippen LogP contribution in [-0.2, 0) is 4.74 Å². The first-order chi connectivity index (χ1) is 5.70. The zero-order valence-corrected chi connectivity index (χ0v) is 7.01. The van der Waals surface area contributed by atoms with Gasteiger partial charge in [-0.15, -0.1) is 0 Å². The van der Waals surface area contributed by atoms with Gasteiger partial charge >= 0.3 is 5.97 Å². The SMILES string of the molecule is COC(=O)c1[nH]cc(C=O)c1Cl. The monoisotopic (exact) mass is 187 g/mol. The lowest BCUT2D eigenvalue weighted by Gasteiger charge is -1.94. The molecule has 0 fully saturated rings. The van der Waals surface area contributed by atoms with Gasteiger partial charge in [0.25, 0.3) is 0 Å². The third-order valence-corrected chi connectivity index (χ3v) is 1.77. The van der Waals surface area contributed by atoms with Crippen molar-refractivity contribution in [2.75, 3.05) is 7.11 Å². The number of methoxy groups -OCH3 is 1. The highest BCUT2D eigenvalue weighted by molar-refractivity contribution is 6.35. The summed E-state index contributed by atoms with van der Waals surface area (Å²) in [4.78, 5) is 23.7. The third kappa shape index (κ3) is 1.33. The van der Waals surface area contributed by atoms with Gasteiger partial charge in [-0.3, -0.25) is 4.79 Å². The molecule has 12 heavy (non-hydrogen) atoms. The lowest BCUT2D eigenvalue weighted by atomic mass is 10.3. The van der Waals surface area contributed by atoms with Crippen molar-refractivity contribution in [3.63, 3.8) is 0 Å². The van der Waals surface area contributed by atoms with Crippen molar-refractivity contribution in [2.45, 2.75) is 0 Å². The molecule has 64 valence electrons. The van der Waals surface area contributed by atoms with E-state index in [1.807, 2.05) is 0 Å². The highest BCUT2D eigenvalue weighted by Crippen LogP contribution is 2.19. The lowest BCUT2D eigenvalue weighted by molar-refractivity contribution is 0.0595. The molecule has 5 heteroatoms. The van der Waals surface area contributed by atoms with E-state index in [9.17, 15) is 9.59 Å². The summed E-state index contributed by atoms with van der Waals surface area (Å²) in [5, 5.41) is 0.0943. The van der Waals surface area contributed by atoms with Gasteiger partial charge in [0.05, 0.1) is 17.7 Å². The zero-order valence-electron chi connectivity index (χ0n) is 6.26. The summed E-state index contributed by atoms with van der Waals surface area (Å²) in [6, 6.07) is 0. The Labute approximate surface area is 73.5 Å². The number of ether oxygens (including phenoxy) is 1.